The molecule has 0 aliphatic rings. The zero-order valence-electron chi connectivity index (χ0n) is 11.8. The zero-order valence-corrected chi connectivity index (χ0v) is 11.8. The van der Waals surface area contributed by atoms with E-state index in [1.54, 1.807) is 14.2 Å². The van der Waals surface area contributed by atoms with Crippen molar-refractivity contribution < 1.29 is 14.3 Å². The normalized spacial score (nSPS) is 12.9. The summed E-state index contributed by atoms with van der Waals surface area (Å²) < 4.78 is 10.1. The molecule has 108 valence electrons. The number of nitrogens with two attached hydrogens (primary N) is 1. The molecular weight excluding hydrogens is 234 g/mol. The highest BCUT2D eigenvalue weighted by Gasteiger charge is 2.18. The maximum atomic E-state index is 11.4. The Morgan fingerprint density at radius 3 is 2.22 bits per heavy atom. The molecule has 0 aliphatic heterocycles. The molecule has 1 amide bonds. The summed E-state index contributed by atoms with van der Waals surface area (Å²) in [5.74, 6) is -0.316. The quantitative estimate of drug-likeness (QED) is 0.492. The van der Waals surface area contributed by atoms with Crippen molar-refractivity contribution in [2.24, 2.45) is 5.73 Å². The lowest BCUT2D eigenvalue weighted by molar-refractivity contribution is -0.120. The Morgan fingerprint density at radius 1 is 1.28 bits per heavy atom. The minimum atomic E-state index is -0.321. The lowest BCUT2D eigenvalue weighted by Crippen LogP contribution is -2.50. The Hall–Kier alpha value is -0.690. The number of rotatable bonds is 12. The van der Waals surface area contributed by atoms with E-state index in [2.05, 4.69) is 17.1 Å². The van der Waals surface area contributed by atoms with E-state index in [0.717, 1.165) is 26.1 Å². The van der Waals surface area contributed by atoms with E-state index >= 15 is 0 Å². The monoisotopic (exact) mass is 261 g/mol. The lowest BCUT2D eigenvalue weighted by Gasteiger charge is -2.26. The summed E-state index contributed by atoms with van der Waals surface area (Å²) >= 11 is 0. The summed E-state index contributed by atoms with van der Waals surface area (Å²) in [6.07, 6.45) is 0.972. The molecule has 6 heteroatoms. The fraction of sp³-hybridized carbons (Fsp3) is 0.917. The van der Waals surface area contributed by atoms with E-state index in [9.17, 15) is 4.79 Å². The summed E-state index contributed by atoms with van der Waals surface area (Å²) in [4.78, 5) is 13.5. The van der Waals surface area contributed by atoms with Crippen LogP contribution in [0.15, 0.2) is 0 Å². The smallest absolute Gasteiger partial charge is 0.235 e. The van der Waals surface area contributed by atoms with Gasteiger partial charge in [0.1, 0.15) is 0 Å². The number of methoxy groups -OCH3 is 2. The number of primary amides is 1. The summed E-state index contributed by atoms with van der Waals surface area (Å²) in [5.41, 5.74) is 5.39. The van der Waals surface area contributed by atoms with Crippen LogP contribution in [0.1, 0.15) is 13.3 Å². The van der Waals surface area contributed by atoms with Gasteiger partial charge in [0.15, 0.2) is 0 Å². The molecule has 0 heterocycles. The van der Waals surface area contributed by atoms with E-state index in [4.69, 9.17) is 15.2 Å². The molecule has 1 atom stereocenters. The summed E-state index contributed by atoms with van der Waals surface area (Å²) in [6.45, 7) is 6.21. The van der Waals surface area contributed by atoms with Crippen molar-refractivity contribution in [2.75, 3.05) is 53.6 Å². The second-order valence-corrected chi connectivity index (χ2v) is 4.20. The van der Waals surface area contributed by atoms with Crippen molar-refractivity contribution in [2.45, 2.75) is 19.4 Å². The maximum absolute atomic E-state index is 11.4. The average molecular weight is 261 g/mol. The molecule has 0 aromatic heterocycles. The second-order valence-electron chi connectivity index (χ2n) is 4.20. The van der Waals surface area contributed by atoms with Crippen molar-refractivity contribution in [3.05, 3.63) is 0 Å². The molecule has 18 heavy (non-hydrogen) atoms. The molecule has 0 aliphatic carbocycles. The predicted molar refractivity (Wildman–Crippen MR) is 71.5 cm³/mol. The van der Waals surface area contributed by atoms with Gasteiger partial charge in [-0.3, -0.25) is 9.69 Å². The van der Waals surface area contributed by atoms with Gasteiger partial charge in [0.2, 0.25) is 5.91 Å². The van der Waals surface area contributed by atoms with Gasteiger partial charge in [-0.1, -0.05) is 6.92 Å². The van der Waals surface area contributed by atoms with E-state index < -0.39 is 0 Å². The molecule has 3 N–H and O–H groups in total. The molecule has 0 fully saturated rings. The molecule has 0 radical (unpaired) electrons. The first-order valence-electron chi connectivity index (χ1n) is 6.38. The van der Waals surface area contributed by atoms with Crippen molar-refractivity contribution in [1.82, 2.24) is 10.2 Å². The molecule has 0 rings (SSSR count). The molecule has 0 saturated heterocycles. The van der Waals surface area contributed by atoms with Crippen molar-refractivity contribution in [3.63, 3.8) is 0 Å². The Labute approximate surface area is 110 Å². The number of hydrogen-bond donors (Lipinski definition) is 2. The maximum Gasteiger partial charge on any atom is 0.235 e. The number of hydrogen-bond acceptors (Lipinski definition) is 5. The van der Waals surface area contributed by atoms with Crippen LogP contribution in [-0.4, -0.2) is 70.5 Å². The second kappa shape index (κ2) is 11.4. The first-order valence-corrected chi connectivity index (χ1v) is 6.38. The highest BCUT2D eigenvalue weighted by atomic mass is 16.5. The third-order valence-corrected chi connectivity index (χ3v) is 2.65. The van der Waals surface area contributed by atoms with Crippen LogP contribution in [0.3, 0.4) is 0 Å². The van der Waals surface area contributed by atoms with Gasteiger partial charge in [-0.05, 0) is 13.0 Å². The third kappa shape index (κ3) is 8.41. The number of carbonyl (C=O) groups is 1. The number of amides is 1. The Kier molecular flexibility index (Phi) is 11.0. The van der Waals surface area contributed by atoms with Crippen LogP contribution < -0.4 is 11.1 Å². The van der Waals surface area contributed by atoms with Gasteiger partial charge in [-0.2, -0.15) is 0 Å². The van der Waals surface area contributed by atoms with Crippen LogP contribution in [0, 0.1) is 0 Å². The zero-order chi connectivity index (χ0) is 13.8. The van der Waals surface area contributed by atoms with Gasteiger partial charge in [0, 0.05) is 33.9 Å². The lowest BCUT2D eigenvalue weighted by atomic mass is 10.2. The first-order chi connectivity index (χ1) is 8.65. The van der Waals surface area contributed by atoms with Crippen LogP contribution in [-0.2, 0) is 14.3 Å². The van der Waals surface area contributed by atoms with Crippen LogP contribution in [0.5, 0.6) is 0 Å². The fourth-order valence-corrected chi connectivity index (χ4v) is 1.57. The van der Waals surface area contributed by atoms with E-state index in [1.165, 1.54) is 0 Å². The van der Waals surface area contributed by atoms with Gasteiger partial charge in [-0.15, -0.1) is 0 Å². The topological polar surface area (TPSA) is 76.8 Å². The molecular formula is C12H27N3O3. The van der Waals surface area contributed by atoms with Gasteiger partial charge in [-0.25, -0.2) is 0 Å². The van der Waals surface area contributed by atoms with Crippen molar-refractivity contribution in [1.29, 1.82) is 0 Å². The number of nitrogens with one attached hydrogen (secondary N) is 1. The van der Waals surface area contributed by atoms with E-state index in [0.29, 0.717) is 19.8 Å². The Morgan fingerprint density at radius 2 is 1.83 bits per heavy atom. The van der Waals surface area contributed by atoms with Gasteiger partial charge in [0.25, 0.3) is 0 Å². The van der Waals surface area contributed by atoms with Gasteiger partial charge in [0.05, 0.1) is 19.3 Å². The molecule has 0 aromatic rings. The third-order valence-electron chi connectivity index (χ3n) is 2.65. The molecule has 0 bridgehead atoms. The standard InChI is InChI=1S/C12H27N3O3/c1-4-5-14-11(12(13)16)10-15(6-8-17-2)7-9-18-3/h11,14H,4-10H2,1-3H3,(H2,13,16). The largest absolute Gasteiger partial charge is 0.383 e. The summed E-state index contributed by atoms with van der Waals surface area (Å²) in [6, 6.07) is -0.321. The number of nitrogens with zero attached hydrogens (tertiary/aromatic N) is 1. The SMILES string of the molecule is CCCNC(CN(CCOC)CCOC)C(N)=O. The highest BCUT2D eigenvalue weighted by Crippen LogP contribution is 1.94. The number of ether oxygens (including phenoxy) is 2. The van der Waals surface area contributed by atoms with E-state index in [-0.39, 0.29) is 11.9 Å². The minimum Gasteiger partial charge on any atom is -0.383 e. The number of carbonyl (C=O) groups excluding carboxylic acids is 1. The average Bonchev–Trinajstić information content (AvgIpc) is 2.36. The van der Waals surface area contributed by atoms with Crippen molar-refractivity contribution >= 4 is 5.91 Å². The minimum absolute atomic E-state index is 0.316. The first kappa shape index (κ1) is 17.3. The molecule has 1 unspecified atom stereocenters. The molecule has 0 aromatic carbocycles. The summed E-state index contributed by atoms with van der Waals surface area (Å²) in [7, 11) is 3.32. The van der Waals surface area contributed by atoms with Crippen LogP contribution in [0.25, 0.3) is 0 Å². The van der Waals surface area contributed by atoms with Crippen molar-refractivity contribution in [3.8, 4) is 0 Å². The van der Waals surface area contributed by atoms with Crippen LogP contribution in [0.4, 0.5) is 0 Å². The predicted octanol–water partition coefficient (Wildman–Crippen LogP) is -0.565. The van der Waals surface area contributed by atoms with Gasteiger partial charge < -0.3 is 20.5 Å². The van der Waals surface area contributed by atoms with E-state index in [1.807, 2.05) is 0 Å². The van der Waals surface area contributed by atoms with Gasteiger partial charge >= 0.3 is 0 Å². The van der Waals surface area contributed by atoms with Crippen LogP contribution in [0.2, 0.25) is 0 Å². The Balaban J connectivity index is 4.23. The van der Waals surface area contributed by atoms with Crippen LogP contribution >= 0.6 is 0 Å². The highest BCUT2D eigenvalue weighted by molar-refractivity contribution is 5.80. The molecule has 0 saturated carbocycles. The molecule has 6 nitrogen and oxygen atoms in total. The summed E-state index contributed by atoms with van der Waals surface area (Å²) in [5, 5.41) is 3.15. The fourth-order valence-electron chi connectivity index (χ4n) is 1.57. The Bertz CT molecular complexity index is 207. The molecule has 0 spiro atoms.